The lowest BCUT2D eigenvalue weighted by Crippen LogP contribution is -2.04. The summed E-state index contributed by atoms with van der Waals surface area (Å²) in [5.41, 5.74) is 1.95. The molecular weight excluding hydrogens is 280 g/mol. The van der Waals surface area contributed by atoms with Crippen LogP contribution in [-0.4, -0.2) is 28.0 Å². The van der Waals surface area contributed by atoms with Gasteiger partial charge in [-0.3, -0.25) is 4.79 Å². The van der Waals surface area contributed by atoms with Crippen molar-refractivity contribution < 1.29 is 14.6 Å². The fraction of sp³-hybridized carbons (Fsp3) is 0.286. The zero-order valence-corrected chi connectivity index (χ0v) is 12.0. The molecule has 6 heteroatoms. The maximum atomic E-state index is 11.0. The van der Waals surface area contributed by atoms with Gasteiger partial charge in [0, 0.05) is 5.56 Å². The van der Waals surface area contributed by atoms with Gasteiger partial charge in [-0.05, 0) is 18.6 Å². The zero-order valence-electron chi connectivity index (χ0n) is 11.3. The van der Waals surface area contributed by atoms with Crippen molar-refractivity contribution in [3.8, 4) is 11.6 Å². The molecule has 0 aliphatic carbocycles. The fourth-order valence-electron chi connectivity index (χ4n) is 2.09. The summed E-state index contributed by atoms with van der Waals surface area (Å²) in [6.45, 7) is 1.92. The van der Waals surface area contributed by atoms with E-state index in [-0.39, 0.29) is 6.42 Å². The van der Waals surface area contributed by atoms with Crippen LogP contribution in [0.5, 0.6) is 5.88 Å². The number of carbonyl (C=O) groups is 1. The largest absolute Gasteiger partial charge is 0.481 e. The first-order valence-electron chi connectivity index (χ1n) is 6.20. The van der Waals surface area contributed by atoms with Gasteiger partial charge < -0.3 is 9.84 Å². The molecule has 0 saturated carbocycles. The van der Waals surface area contributed by atoms with Gasteiger partial charge in [0.25, 0.3) is 0 Å². The highest BCUT2D eigenvalue weighted by molar-refractivity contribution is 6.32. The summed E-state index contributed by atoms with van der Waals surface area (Å²) in [5.74, 6) is -0.506. The number of hydrogen-bond donors (Lipinski definition) is 1. The van der Waals surface area contributed by atoms with Crippen molar-refractivity contribution in [2.24, 2.45) is 0 Å². The van der Waals surface area contributed by atoms with Crippen LogP contribution in [0.3, 0.4) is 0 Å². The minimum absolute atomic E-state index is 0.128. The van der Waals surface area contributed by atoms with Crippen molar-refractivity contribution in [1.82, 2.24) is 9.78 Å². The lowest BCUT2D eigenvalue weighted by molar-refractivity contribution is -0.136. The Morgan fingerprint density at radius 3 is 2.70 bits per heavy atom. The normalized spacial score (nSPS) is 10.6. The lowest BCUT2D eigenvalue weighted by Gasteiger charge is -2.08. The topological polar surface area (TPSA) is 64.4 Å². The molecule has 20 heavy (non-hydrogen) atoms. The minimum Gasteiger partial charge on any atom is -0.481 e. The number of benzene rings is 1. The van der Waals surface area contributed by atoms with E-state index in [0.717, 1.165) is 0 Å². The van der Waals surface area contributed by atoms with Gasteiger partial charge >= 0.3 is 5.97 Å². The molecule has 0 atom stereocenters. The standard InChI is InChI=1S/C14H15ClN2O3/c1-3-11-9(8-13(18)19)14(20-2)17(16-11)12-7-5-4-6-10(12)15/h4-7H,3,8H2,1-2H3,(H,18,19). The SMILES string of the molecule is CCc1nn(-c2ccccc2Cl)c(OC)c1CC(=O)O. The average molecular weight is 295 g/mol. The predicted octanol–water partition coefficient (Wildman–Crippen LogP) is 2.72. The molecular formula is C14H15ClN2O3. The summed E-state index contributed by atoms with van der Waals surface area (Å²) < 4.78 is 6.90. The van der Waals surface area contributed by atoms with E-state index in [1.807, 2.05) is 25.1 Å². The van der Waals surface area contributed by atoms with Gasteiger partial charge in [0.2, 0.25) is 5.88 Å². The Bertz CT molecular complexity index is 637. The summed E-state index contributed by atoms with van der Waals surface area (Å²) in [5, 5.41) is 14.0. The molecule has 2 aromatic rings. The Morgan fingerprint density at radius 2 is 2.15 bits per heavy atom. The van der Waals surface area contributed by atoms with Crippen LogP contribution in [0.15, 0.2) is 24.3 Å². The van der Waals surface area contributed by atoms with Crippen LogP contribution in [0.2, 0.25) is 5.02 Å². The number of aliphatic carboxylic acids is 1. The van der Waals surface area contributed by atoms with E-state index in [9.17, 15) is 4.79 Å². The average Bonchev–Trinajstić information content (AvgIpc) is 2.76. The van der Waals surface area contributed by atoms with E-state index < -0.39 is 5.97 Å². The van der Waals surface area contributed by atoms with Crippen LogP contribution in [-0.2, 0) is 17.6 Å². The Kier molecular flexibility index (Phi) is 4.29. The van der Waals surface area contributed by atoms with E-state index >= 15 is 0 Å². The molecule has 0 amide bonds. The minimum atomic E-state index is -0.920. The van der Waals surface area contributed by atoms with Gasteiger partial charge in [0.15, 0.2) is 0 Å². The number of hydrogen-bond acceptors (Lipinski definition) is 3. The van der Waals surface area contributed by atoms with E-state index in [4.69, 9.17) is 21.4 Å². The summed E-state index contributed by atoms with van der Waals surface area (Å²) in [7, 11) is 1.50. The predicted molar refractivity (Wildman–Crippen MR) is 75.8 cm³/mol. The van der Waals surface area contributed by atoms with Gasteiger partial charge in [0.1, 0.15) is 0 Å². The molecule has 1 N–H and O–H groups in total. The number of methoxy groups -OCH3 is 1. The summed E-state index contributed by atoms with van der Waals surface area (Å²) >= 11 is 6.17. The van der Waals surface area contributed by atoms with Crippen LogP contribution in [0.25, 0.3) is 5.69 Å². The third kappa shape index (κ3) is 2.63. The molecule has 0 aliphatic heterocycles. The highest BCUT2D eigenvalue weighted by atomic mass is 35.5. The highest BCUT2D eigenvalue weighted by Gasteiger charge is 2.21. The lowest BCUT2D eigenvalue weighted by atomic mass is 10.1. The Hall–Kier alpha value is -2.01. The molecule has 1 heterocycles. The molecule has 0 spiro atoms. The van der Waals surface area contributed by atoms with Crippen molar-refractivity contribution in [2.45, 2.75) is 19.8 Å². The molecule has 0 saturated heterocycles. The first kappa shape index (κ1) is 14.4. The Labute approximate surface area is 121 Å². The second kappa shape index (κ2) is 5.96. The Balaban J connectivity index is 2.62. The molecule has 2 rings (SSSR count). The van der Waals surface area contributed by atoms with Crippen molar-refractivity contribution in [1.29, 1.82) is 0 Å². The number of ether oxygens (including phenoxy) is 1. The highest BCUT2D eigenvalue weighted by Crippen LogP contribution is 2.30. The maximum absolute atomic E-state index is 11.0. The number of halogens is 1. The Morgan fingerprint density at radius 1 is 1.45 bits per heavy atom. The fourth-order valence-corrected chi connectivity index (χ4v) is 2.30. The molecule has 0 bridgehead atoms. The third-order valence-corrected chi connectivity index (χ3v) is 3.28. The molecule has 1 aromatic carbocycles. The van der Waals surface area contributed by atoms with Gasteiger partial charge in [-0.15, -0.1) is 0 Å². The van der Waals surface area contributed by atoms with Crippen molar-refractivity contribution in [2.75, 3.05) is 7.11 Å². The molecule has 5 nitrogen and oxygen atoms in total. The number of nitrogens with zero attached hydrogens (tertiary/aromatic N) is 2. The van der Waals surface area contributed by atoms with Crippen molar-refractivity contribution in [3.05, 3.63) is 40.5 Å². The first-order valence-corrected chi connectivity index (χ1v) is 6.57. The summed E-state index contributed by atoms with van der Waals surface area (Å²) in [6, 6.07) is 7.22. The van der Waals surface area contributed by atoms with E-state index in [1.165, 1.54) is 7.11 Å². The monoisotopic (exact) mass is 294 g/mol. The van der Waals surface area contributed by atoms with Crippen LogP contribution in [0.4, 0.5) is 0 Å². The third-order valence-electron chi connectivity index (χ3n) is 2.96. The van der Waals surface area contributed by atoms with Crippen LogP contribution >= 0.6 is 11.6 Å². The number of carboxylic acid groups (broad SMARTS) is 1. The molecule has 0 aliphatic rings. The van der Waals surface area contributed by atoms with E-state index in [1.54, 1.807) is 10.7 Å². The number of aryl methyl sites for hydroxylation is 1. The van der Waals surface area contributed by atoms with Crippen molar-refractivity contribution in [3.63, 3.8) is 0 Å². The molecule has 0 fully saturated rings. The smallest absolute Gasteiger partial charge is 0.308 e. The van der Waals surface area contributed by atoms with Gasteiger partial charge in [0.05, 0.1) is 29.9 Å². The second-order valence-electron chi connectivity index (χ2n) is 4.22. The summed E-state index contributed by atoms with van der Waals surface area (Å²) in [6.07, 6.45) is 0.493. The van der Waals surface area contributed by atoms with Gasteiger partial charge in [-0.25, -0.2) is 0 Å². The number of aromatic nitrogens is 2. The molecule has 0 radical (unpaired) electrons. The van der Waals surface area contributed by atoms with Gasteiger partial charge in [-0.1, -0.05) is 30.7 Å². The first-order chi connectivity index (χ1) is 9.58. The zero-order chi connectivity index (χ0) is 14.7. The van der Waals surface area contributed by atoms with Crippen LogP contribution < -0.4 is 4.74 Å². The summed E-state index contributed by atoms with van der Waals surface area (Å²) in [4.78, 5) is 11.0. The molecule has 106 valence electrons. The molecule has 1 aromatic heterocycles. The number of carboxylic acids is 1. The number of rotatable bonds is 5. The quantitative estimate of drug-likeness (QED) is 0.921. The number of para-hydroxylation sites is 1. The second-order valence-corrected chi connectivity index (χ2v) is 4.63. The van der Waals surface area contributed by atoms with Crippen LogP contribution in [0.1, 0.15) is 18.2 Å². The van der Waals surface area contributed by atoms with E-state index in [0.29, 0.717) is 34.3 Å². The maximum Gasteiger partial charge on any atom is 0.308 e. The van der Waals surface area contributed by atoms with Crippen LogP contribution in [0, 0.1) is 0 Å². The van der Waals surface area contributed by atoms with Gasteiger partial charge in [-0.2, -0.15) is 9.78 Å². The molecule has 0 unspecified atom stereocenters. The van der Waals surface area contributed by atoms with Crippen molar-refractivity contribution >= 4 is 17.6 Å². The van der Waals surface area contributed by atoms with E-state index in [2.05, 4.69) is 5.10 Å².